The molecule has 2 aliphatic rings. The number of fused-ring (bicyclic) bond motifs is 2. The molecule has 0 unspecified atom stereocenters. The molecule has 0 saturated heterocycles. The zero-order valence-electron chi connectivity index (χ0n) is 12.6. The monoisotopic (exact) mass is 326 g/mol. The van der Waals surface area contributed by atoms with E-state index in [-0.39, 0.29) is 19.3 Å². The maximum Gasteiger partial charge on any atom is 0.284 e. The van der Waals surface area contributed by atoms with Gasteiger partial charge in [-0.05, 0) is 35.9 Å². The minimum Gasteiger partial charge on any atom is -0.485 e. The number of hydrogen-bond donors (Lipinski definition) is 1. The van der Waals surface area contributed by atoms with E-state index in [1.54, 1.807) is 24.3 Å². The first-order valence-corrected chi connectivity index (χ1v) is 7.41. The average Bonchev–Trinajstić information content (AvgIpc) is 3.09. The molecule has 2 aromatic carbocycles. The highest BCUT2D eigenvalue weighted by atomic mass is 16.7. The van der Waals surface area contributed by atoms with Crippen molar-refractivity contribution in [3.05, 3.63) is 48.0 Å². The number of hydrogen-bond acceptors (Lipinski definition) is 6. The van der Waals surface area contributed by atoms with Gasteiger partial charge < -0.3 is 18.9 Å². The molecule has 2 heterocycles. The van der Waals surface area contributed by atoms with Crippen LogP contribution in [0.3, 0.4) is 0 Å². The third-order valence-electron chi connectivity index (χ3n) is 3.59. The van der Waals surface area contributed by atoms with E-state index in [0.29, 0.717) is 23.0 Å². The smallest absolute Gasteiger partial charge is 0.284 e. The summed E-state index contributed by atoms with van der Waals surface area (Å²) in [5.74, 6) is 2.16. The van der Waals surface area contributed by atoms with Crippen LogP contribution >= 0.6 is 0 Å². The highest BCUT2D eigenvalue weighted by Crippen LogP contribution is 2.32. The number of ether oxygens (including phenoxy) is 4. The molecule has 1 amide bonds. The molecule has 0 spiro atoms. The first-order chi connectivity index (χ1) is 11.8. The lowest BCUT2D eigenvalue weighted by atomic mass is 10.2. The molecule has 0 radical (unpaired) electrons. The standard InChI is InChI=1S/C17H14N2O5/c20-17(16-9-21-12-3-1-2-4-14(12)24-16)19-18-8-11-5-6-13-15(7-11)23-10-22-13/h1-8,16H,9-10H2,(H,19,20)/t16-/m1/s1. The third kappa shape index (κ3) is 2.83. The molecule has 0 bridgehead atoms. The van der Waals surface area contributed by atoms with Crippen molar-refractivity contribution in [2.24, 2.45) is 5.10 Å². The van der Waals surface area contributed by atoms with Gasteiger partial charge in [-0.15, -0.1) is 0 Å². The fourth-order valence-corrected chi connectivity index (χ4v) is 2.38. The van der Waals surface area contributed by atoms with E-state index in [0.717, 1.165) is 5.56 Å². The first-order valence-electron chi connectivity index (χ1n) is 7.41. The average molecular weight is 326 g/mol. The largest absolute Gasteiger partial charge is 0.485 e. The molecule has 0 aromatic heterocycles. The zero-order valence-corrected chi connectivity index (χ0v) is 12.6. The molecule has 1 N–H and O–H groups in total. The Bertz CT molecular complexity index is 805. The Labute approximate surface area is 137 Å². The summed E-state index contributed by atoms with van der Waals surface area (Å²) in [6.45, 7) is 0.357. The molecule has 2 aromatic rings. The van der Waals surface area contributed by atoms with E-state index in [1.165, 1.54) is 6.21 Å². The summed E-state index contributed by atoms with van der Waals surface area (Å²) in [6, 6.07) is 12.6. The van der Waals surface area contributed by atoms with Gasteiger partial charge in [-0.2, -0.15) is 5.10 Å². The van der Waals surface area contributed by atoms with Crippen LogP contribution in [0.1, 0.15) is 5.56 Å². The summed E-state index contributed by atoms with van der Waals surface area (Å²) in [5, 5.41) is 3.94. The van der Waals surface area contributed by atoms with Crippen molar-refractivity contribution in [2.45, 2.75) is 6.10 Å². The van der Waals surface area contributed by atoms with Crippen molar-refractivity contribution in [1.82, 2.24) is 5.43 Å². The maximum atomic E-state index is 12.1. The number of carbonyl (C=O) groups is 1. The summed E-state index contributed by atoms with van der Waals surface area (Å²) in [7, 11) is 0. The van der Waals surface area contributed by atoms with Gasteiger partial charge in [0.15, 0.2) is 23.0 Å². The van der Waals surface area contributed by atoms with Gasteiger partial charge in [-0.1, -0.05) is 12.1 Å². The number of benzene rings is 2. The number of carbonyl (C=O) groups excluding carboxylic acids is 1. The zero-order chi connectivity index (χ0) is 16.4. The van der Waals surface area contributed by atoms with Gasteiger partial charge in [-0.25, -0.2) is 5.43 Å². The minimum absolute atomic E-state index is 0.141. The van der Waals surface area contributed by atoms with E-state index in [9.17, 15) is 4.79 Å². The molecule has 1 atom stereocenters. The molecule has 122 valence electrons. The number of nitrogens with one attached hydrogen (secondary N) is 1. The molecule has 4 rings (SSSR count). The highest BCUT2D eigenvalue weighted by Gasteiger charge is 2.27. The molecule has 0 fully saturated rings. The summed E-state index contributed by atoms with van der Waals surface area (Å²) in [4.78, 5) is 12.1. The number of para-hydroxylation sites is 2. The van der Waals surface area contributed by atoms with Crippen LogP contribution in [0.4, 0.5) is 0 Å². The van der Waals surface area contributed by atoms with Crippen LogP contribution in [-0.4, -0.2) is 31.6 Å². The van der Waals surface area contributed by atoms with Gasteiger partial charge in [0.05, 0.1) is 6.21 Å². The fourth-order valence-electron chi connectivity index (χ4n) is 2.38. The van der Waals surface area contributed by atoms with Crippen molar-refractivity contribution in [3.8, 4) is 23.0 Å². The second kappa shape index (κ2) is 6.11. The lowest BCUT2D eigenvalue weighted by Gasteiger charge is -2.24. The van der Waals surface area contributed by atoms with Crippen molar-refractivity contribution in [1.29, 1.82) is 0 Å². The van der Waals surface area contributed by atoms with E-state index < -0.39 is 6.10 Å². The van der Waals surface area contributed by atoms with Crippen LogP contribution in [0.15, 0.2) is 47.6 Å². The molecule has 24 heavy (non-hydrogen) atoms. The quantitative estimate of drug-likeness (QED) is 0.686. The van der Waals surface area contributed by atoms with Crippen LogP contribution < -0.4 is 24.4 Å². The van der Waals surface area contributed by atoms with Crippen molar-refractivity contribution < 1.29 is 23.7 Å². The topological polar surface area (TPSA) is 78.4 Å². The lowest BCUT2D eigenvalue weighted by Crippen LogP contribution is -2.42. The lowest BCUT2D eigenvalue weighted by molar-refractivity contribution is -0.130. The van der Waals surface area contributed by atoms with Gasteiger partial charge in [0.2, 0.25) is 12.9 Å². The van der Waals surface area contributed by atoms with Gasteiger partial charge in [0.25, 0.3) is 5.91 Å². The van der Waals surface area contributed by atoms with Gasteiger partial charge in [0, 0.05) is 0 Å². The summed E-state index contributed by atoms with van der Waals surface area (Å²) in [6.07, 6.45) is 0.783. The Hall–Kier alpha value is -3.22. The van der Waals surface area contributed by atoms with Crippen molar-refractivity contribution >= 4 is 12.1 Å². The molecule has 2 aliphatic heterocycles. The van der Waals surface area contributed by atoms with Crippen LogP contribution in [0, 0.1) is 0 Å². The van der Waals surface area contributed by atoms with Crippen molar-refractivity contribution in [2.75, 3.05) is 13.4 Å². The first kappa shape index (κ1) is 14.4. The fraction of sp³-hybridized carbons (Fsp3) is 0.176. The van der Waals surface area contributed by atoms with Crippen molar-refractivity contribution in [3.63, 3.8) is 0 Å². The normalized spacial score (nSPS) is 17.8. The van der Waals surface area contributed by atoms with E-state index in [1.807, 2.05) is 18.2 Å². The molecule has 7 heteroatoms. The predicted octanol–water partition coefficient (Wildman–Crippen LogP) is 1.71. The van der Waals surface area contributed by atoms with E-state index in [2.05, 4.69) is 10.5 Å². The van der Waals surface area contributed by atoms with Crippen LogP contribution in [-0.2, 0) is 4.79 Å². The number of rotatable bonds is 3. The summed E-state index contributed by atoms with van der Waals surface area (Å²) < 4.78 is 21.6. The van der Waals surface area contributed by atoms with Crippen LogP contribution in [0.5, 0.6) is 23.0 Å². The third-order valence-corrected chi connectivity index (χ3v) is 3.59. The van der Waals surface area contributed by atoms with E-state index in [4.69, 9.17) is 18.9 Å². The highest BCUT2D eigenvalue weighted by molar-refractivity contribution is 5.85. The number of nitrogens with zero attached hydrogens (tertiary/aromatic N) is 1. The van der Waals surface area contributed by atoms with Gasteiger partial charge >= 0.3 is 0 Å². The van der Waals surface area contributed by atoms with E-state index >= 15 is 0 Å². The molecular weight excluding hydrogens is 312 g/mol. The van der Waals surface area contributed by atoms with Crippen LogP contribution in [0.2, 0.25) is 0 Å². The molecule has 0 aliphatic carbocycles. The maximum absolute atomic E-state index is 12.1. The predicted molar refractivity (Wildman–Crippen MR) is 84.7 cm³/mol. The SMILES string of the molecule is O=C(NN=Cc1ccc2c(c1)OCO2)[C@H]1COc2ccccc2O1. The molecule has 0 saturated carbocycles. The Kier molecular flexibility index (Phi) is 3.66. The minimum atomic E-state index is -0.742. The van der Waals surface area contributed by atoms with Gasteiger partial charge in [0.1, 0.15) is 6.61 Å². The summed E-state index contributed by atoms with van der Waals surface area (Å²) >= 11 is 0. The Balaban J connectivity index is 1.37. The van der Waals surface area contributed by atoms with Gasteiger partial charge in [-0.3, -0.25) is 4.79 Å². The second-order valence-electron chi connectivity index (χ2n) is 5.21. The second-order valence-corrected chi connectivity index (χ2v) is 5.21. The Morgan fingerprint density at radius 2 is 1.83 bits per heavy atom. The summed E-state index contributed by atoms with van der Waals surface area (Å²) in [5.41, 5.74) is 3.24. The number of hydrazone groups is 1. The number of amides is 1. The molecule has 7 nitrogen and oxygen atoms in total. The Morgan fingerprint density at radius 3 is 2.75 bits per heavy atom. The Morgan fingerprint density at radius 1 is 1.04 bits per heavy atom. The van der Waals surface area contributed by atoms with Crippen LogP contribution in [0.25, 0.3) is 0 Å². The molecular formula is C17H14N2O5.